The number of aryl methyl sites for hydroxylation is 1. The van der Waals surface area contributed by atoms with Crippen LogP contribution in [0.4, 0.5) is 0 Å². The number of carbonyl (C=O) groups is 1. The lowest BCUT2D eigenvalue weighted by atomic mass is 10.4. The largest absolute Gasteiger partial charge is 0.476 e. The number of imidazole rings is 1. The molecule has 2 aromatic heterocycles. The highest BCUT2D eigenvalue weighted by Gasteiger charge is 2.13. The van der Waals surface area contributed by atoms with E-state index < -0.39 is 5.97 Å². The number of halogens is 2. The van der Waals surface area contributed by atoms with Gasteiger partial charge >= 0.3 is 5.97 Å². The molecule has 0 aromatic carbocycles. The predicted molar refractivity (Wildman–Crippen MR) is 62.3 cm³/mol. The standard InChI is InChI=1S/C9H6Br2N2O2/c1-4-5(10)2-6(11)8-12-7(9(14)15)3-13(4)8/h2-3H,1H3,(H,14,15). The molecule has 6 heteroatoms. The van der Waals surface area contributed by atoms with E-state index in [1.807, 2.05) is 13.0 Å². The Morgan fingerprint density at radius 2 is 2.13 bits per heavy atom. The van der Waals surface area contributed by atoms with Crippen LogP contribution in [0.15, 0.2) is 21.2 Å². The molecule has 78 valence electrons. The Balaban J connectivity index is 2.85. The van der Waals surface area contributed by atoms with Crippen LogP contribution in [0, 0.1) is 6.92 Å². The zero-order valence-electron chi connectivity index (χ0n) is 7.66. The first-order valence-electron chi connectivity index (χ1n) is 4.07. The highest BCUT2D eigenvalue weighted by Crippen LogP contribution is 2.26. The summed E-state index contributed by atoms with van der Waals surface area (Å²) in [7, 11) is 0. The second-order valence-corrected chi connectivity index (χ2v) is 4.76. The van der Waals surface area contributed by atoms with Gasteiger partial charge in [0.05, 0.1) is 4.47 Å². The van der Waals surface area contributed by atoms with Crippen LogP contribution in [0.2, 0.25) is 0 Å². The van der Waals surface area contributed by atoms with E-state index in [0.29, 0.717) is 5.65 Å². The number of pyridine rings is 1. The summed E-state index contributed by atoms with van der Waals surface area (Å²) in [6.45, 7) is 1.89. The molecule has 2 rings (SSSR count). The number of hydrogen-bond donors (Lipinski definition) is 1. The summed E-state index contributed by atoms with van der Waals surface area (Å²) in [6.07, 6.45) is 1.50. The van der Waals surface area contributed by atoms with Crippen LogP contribution < -0.4 is 0 Å². The molecule has 15 heavy (non-hydrogen) atoms. The van der Waals surface area contributed by atoms with Gasteiger partial charge in [0, 0.05) is 16.4 Å². The van der Waals surface area contributed by atoms with Gasteiger partial charge in [-0.05, 0) is 44.8 Å². The highest BCUT2D eigenvalue weighted by molar-refractivity contribution is 9.11. The summed E-state index contributed by atoms with van der Waals surface area (Å²) in [5.74, 6) is -1.03. The fourth-order valence-electron chi connectivity index (χ4n) is 1.30. The SMILES string of the molecule is Cc1c(Br)cc(Br)c2nc(C(=O)O)cn12. The van der Waals surface area contributed by atoms with E-state index >= 15 is 0 Å². The molecule has 0 unspecified atom stereocenters. The van der Waals surface area contributed by atoms with Crippen molar-refractivity contribution < 1.29 is 9.90 Å². The van der Waals surface area contributed by atoms with E-state index in [1.165, 1.54) is 6.20 Å². The Kier molecular flexibility index (Phi) is 2.56. The Morgan fingerprint density at radius 1 is 1.47 bits per heavy atom. The van der Waals surface area contributed by atoms with Crippen molar-refractivity contribution in [1.29, 1.82) is 0 Å². The third-order valence-electron chi connectivity index (χ3n) is 2.10. The Labute approximate surface area is 102 Å². The number of fused-ring (bicyclic) bond motifs is 1. The van der Waals surface area contributed by atoms with E-state index in [4.69, 9.17) is 5.11 Å². The molecule has 4 nitrogen and oxygen atoms in total. The molecule has 0 spiro atoms. The van der Waals surface area contributed by atoms with Crippen molar-refractivity contribution in [3.05, 3.63) is 32.6 Å². The van der Waals surface area contributed by atoms with Gasteiger partial charge in [-0.2, -0.15) is 0 Å². The van der Waals surface area contributed by atoms with Crippen molar-refractivity contribution in [3.63, 3.8) is 0 Å². The van der Waals surface area contributed by atoms with E-state index in [1.54, 1.807) is 4.40 Å². The van der Waals surface area contributed by atoms with E-state index in [9.17, 15) is 4.79 Å². The van der Waals surface area contributed by atoms with Crippen molar-refractivity contribution >= 4 is 43.5 Å². The zero-order chi connectivity index (χ0) is 11.2. The summed E-state index contributed by atoms with van der Waals surface area (Å²) in [5.41, 5.74) is 1.55. The molecular weight excluding hydrogens is 328 g/mol. The summed E-state index contributed by atoms with van der Waals surface area (Å²) >= 11 is 6.73. The average Bonchev–Trinajstić information content (AvgIpc) is 2.59. The van der Waals surface area contributed by atoms with Gasteiger partial charge in [0.15, 0.2) is 11.3 Å². The summed E-state index contributed by atoms with van der Waals surface area (Å²) in [4.78, 5) is 14.8. The second-order valence-electron chi connectivity index (χ2n) is 3.05. The number of nitrogens with zero attached hydrogens (tertiary/aromatic N) is 2. The van der Waals surface area contributed by atoms with Gasteiger partial charge in [-0.1, -0.05) is 0 Å². The van der Waals surface area contributed by atoms with Crippen LogP contribution in [0.3, 0.4) is 0 Å². The summed E-state index contributed by atoms with van der Waals surface area (Å²) in [6, 6.07) is 1.85. The molecule has 2 heterocycles. The molecule has 0 saturated heterocycles. The number of carboxylic acid groups (broad SMARTS) is 1. The fourth-order valence-corrected chi connectivity index (χ4v) is 2.54. The first-order chi connectivity index (χ1) is 7.00. The molecule has 0 fully saturated rings. The number of aromatic carboxylic acids is 1. The minimum atomic E-state index is -1.03. The van der Waals surface area contributed by atoms with Gasteiger partial charge in [0.25, 0.3) is 0 Å². The minimum Gasteiger partial charge on any atom is -0.476 e. The number of aromatic nitrogens is 2. The molecule has 0 radical (unpaired) electrons. The maximum Gasteiger partial charge on any atom is 0.356 e. The lowest BCUT2D eigenvalue weighted by molar-refractivity contribution is 0.0691. The van der Waals surface area contributed by atoms with Crippen LogP contribution in [0.25, 0.3) is 5.65 Å². The van der Waals surface area contributed by atoms with Crippen molar-refractivity contribution in [3.8, 4) is 0 Å². The van der Waals surface area contributed by atoms with Gasteiger partial charge in [-0.15, -0.1) is 0 Å². The van der Waals surface area contributed by atoms with Crippen LogP contribution in [0.5, 0.6) is 0 Å². The van der Waals surface area contributed by atoms with Crippen LogP contribution in [0.1, 0.15) is 16.2 Å². The lowest BCUT2D eigenvalue weighted by Gasteiger charge is -2.03. The van der Waals surface area contributed by atoms with Crippen LogP contribution in [-0.2, 0) is 0 Å². The van der Waals surface area contributed by atoms with Crippen molar-refractivity contribution in [2.75, 3.05) is 0 Å². The molecule has 2 aromatic rings. The molecule has 0 amide bonds. The van der Waals surface area contributed by atoms with Crippen LogP contribution >= 0.6 is 31.9 Å². The Hall–Kier alpha value is -0.880. The van der Waals surface area contributed by atoms with Crippen LogP contribution in [-0.4, -0.2) is 20.5 Å². The molecule has 0 aliphatic rings. The maximum atomic E-state index is 10.8. The Morgan fingerprint density at radius 3 is 2.73 bits per heavy atom. The summed E-state index contributed by atoms with van der Waals surface area (Å²) < 4.78 is 3.39. The normalized spacial score (nSPS) is 10.9. The maximum absolute atomic E-state index is 10.8. The van der Waals surface area contributed by atoms with Gasteiger partial charge in [-0.25, -0.2) is 9.78 Å². The molecule has 0 atom stereocenters. The van der Waals surface area contributed by atoms with E-state index in [2.05, 4.69) is 36.8 Å². The molecule has 0 saturated carbocycles. The topological polar surface area (TPSA) is 54.6 Å². The lowest BCUT2D eigenvalue weighted by Crippen LogP contribution is -1.95. The molecule has 0 bridgehead atoms. The monoisotopic (exact) mass is 332 g/mol. The van der Waals surface area contributed by atoms with E-state index in [-0.39, 0.29) is 5.69 Å². The molecule has 0 aliphatic carbocycles. The average molecular weight is 334 g/mol. The van der Waals surface area contributed by atoms with Gasteiger partial charge in [0.2, 0.25) is 0 Å². The highest BCUT2D eigenvalue weighted by atomic mass is 79.9. The smallest absolute Gasteiger partial charge is 0.356 e. The number of carboxylic acids is 1. The third-order valence-corrected chi connectivity index (χ3v) is 3.49. The number of rotatable bonds is 1. The first-order valence-corrected chi connectivity index (χ1v) is 5.66. The number of hydrogen-bond acceptors (Lipinski definition) is 2. The Bertz CT molecular complexity index is 563. The molecular formula is C9H6Br2N2O2. The van der Waals surface area contributed by atoms with Crippen molar-refractivity contribution in [1.82, 2.24) is 9.38 Å². The third kappa shape index (κ3) is 1.68. The van der Waals surface area contributed by atoms with Gasteiger partial charge < -0.3 is 9.51 Å². The van der Waals surface area contributed by atoms with Crippen molar-refractivity contribution in [2.24, 2.45) is 0 Å². The second kappa shape index (κ2) is 3.61. The zero-order valence-corrected chi connectivity index (χ0v) is 10.8. The van der Waals surface area contributed by atoms with E-state index in [0.717, 1.165) is 14.6 Å². The first kappa shape index (κ1) is 10.6. The molecule has 0 aliphatic heterocycles. The predicted octanol–water partition coefficient (Wildman–Crippen LogP) is 2.87. The summed E-state index contributed by atoms with van der Waals surface area (Å²) in [5, 5.41) is 8.83. The van der Waals surface area contributed by atoms with Crippen molar-refractivity contribution in [2.45, 2.75) is 6.92 Å². The fraction of sp³-hybridized carbons (Fsp3) is 0.111. The minimum absolute atomic E-state index is 0.0388. The van der Waals surface area contributed by atoms with Gasteiger partial charge in [0.1, 0.15) is 0 Å². The quantitative estimate of drug-likeness (QED) is 0.873. The molecule has 1 N–H and O–H groups in total. The van der Waals surface area contributed by atoms with Gasteiger partial charge in [-0.3, -0.25) is 0 Å².